The molecule has 4 aromatic rings. The molecule has 1 aromatic heterocycles. The van der Waals surface area contributed by atoms with Crippen molar-refractivity contribution in [3.63, 3.8) is 0 Å². The van der Waals surface area contributed by atoms with Crippen molar-refractivity contribution in [1.29, 1.82) is 0 Å². The van der Waals surface area contributed by atoms with E-state index in [9.17, 15) is 9.59 Å². The summed E-state index contributed by atoms with van der Waals surface area (Å²) in [6, 6.07) is 22.6. The van der Waals surface area contributed by atoms with E-state index in [-0.39, 0.29) is 11.3 Å². The van der Waals surface area contributed by atoms with Gasteiger partial charge in [-0.1, -0.05) is 54.6 Å². The predicted octanol–water partition coefficient (Wildman–Crippen LogP) is 4.46. The molecule has 0 radical (unpaired) electrons. The Balaban J connectivity index is 1.73. The van der Waals surface area contributed by atoms with Crippen molar-refractivity contribution < 1.29 is 4.79 Å². The molecule has 0 bridgehead atoms. The van der Waals surface area contributed by atoms with E-state index in [0.29, 0.717) is 22.3 Å². The maximum absolute atomic E-state index is 12.2. The van der Waals surface area contributed by atoms with Gasteiger partial charge in [-0.05, 0) is 36.2 Å². The van der Waals surface area contributed by atoms with Crippen LogP contribution in [0.3, 0.4) is 0 Å². The number of fused-ring (bicyclic) bond motifs is 1. The maximum atomic E-state index is 12.2. The van der Waals surface area contributed by atoms with Gasteiger partial charge in [0.2, 0.25) is 0 Å². The van der Waals surface area contributed by atoms with E-state index in [4.69, 9.17) is 0 Å². The van der Waals surface area contributed by atoms with Crippen LogP contribution >= 0.6 is 0 Å². The van der Waals surface area contributed by atoms with Crippen molar-refractivity contribution in [2.75, 3.05) is 0 Å². The zero-order valence-electron chi connectivity index (χ0n) is 14.2. The second kappa shape index (κ2) is 6.41. The van der Waals surface area contributed by atoms with Gasteiger partial charge in [-0.15, -0.1) is 0 Å². The summed E-state index contributed by atoms with van der Waals surface area (Å²) < 4.78 is 0. The van der Waals surface area contributed by atoms with Crippen molar-refractivity contribution in [2.45, 2.75) is 6.92 Å². The minimum Gasteiger partial charge on any atom is -0.306 e. The maximum Gasteiger partial charge on any atom is 0.259 e. The first-order valence-electron chi connectivity index (χ1n) is 8.33. The van der Waals surface area contributed by atoms with Crippen molar-refractivity contribution in [3.05, 3.63) is 88.7 Å². The molecule has 0 aliphatic heterocycles. The second-order valence-corrected chi connectivity index (χ2v) is 6.15. The predicted molar refractivity (Wildman–Crippen MR) is 103 cm³/mol. The molecular formula is C22H16N2O2. The number of H-pyrrole nitrogens is 1. The van der Waals surface area contributed by atoms with Gasteiger partial charge in [0.1, 0.15) is 5.82 Å². The third-order valence-electron chi connectivity index (χ3n) is 4.37. The molecule has 4 heteroatoms. The molecule has 26 heavy (non-hydrogen) atoms. The average molecular weight is 340 g/mol. The number of benzene rings is 3. The number of hydrogen-bond donors (Lipinski definition) is 1. The molecule has 0 saturated heterocycles. The molecule has 0 aliphatic rings. The molecule has 0 atom stereocenters. The topological polar surface area (TPSA) is 62.8 Å². The van der Waals surface area contributed by atoms with E-state index in [1.54, 1.807) is 13.0 Å². The largest absolute Gasteiger partial charge is 0.306 e. The van der Waals surface area contributed by atoms with Gasteiger partial charge < -0.3 is 4.98 Å². The van der Waals surface area contributed by atoms with Crippen LogP contribution in [0.1, 0.15) is 17.3 Å². The third kappa shape index (κ3) is 2.93. The Morgan fingerprint density at radius 2 is 1.58 bits per heavy atom. The average Bonchev–Trinajstić information content (AvgIpc) is 2.68. The number of hydrogen-bond acceptors (Lipinski definition) is 3. The summed E-state index contributed by atoms with van der Waals surface area (Å²) in [4.78, 5) is 31.2. The number of carbonyl (C=O) groups excluding carboxylic acids is 1. The number of Topliss-reactive ketones (excluding diaryl/α,β-unsaturated/α-hetero) is 1. The van der Waals surface area contributed by atoms with Crippen molar-refractivity contribution in [3.8, 4) is 22.5 Å². The van der Waals surface area contributed by atoms with Gasteiger partial charge in [0.25, 0.3) is 5.56 Å². The number of ketones is 1. The van der Waals surface area contributed by atoms with E-state index in [1.807, 2.05) is 66.7 Å². The molecular weight excluding hydrogens is 324 g/mol. The van der Waals surface area contributed by atoms with Gasteiger partial charge >= 0.3 is 0 Å². The van der Waals surface area contributed by atoms with Gasteiger partial charge in [-0.2, -0.15) is 0 Å². The van der Waals surface area contributed by atoms with E-state index < -0.39 is 0 Å². The fourth-order valence-electron chi connectivity index (χ4n) is 2.96. The second-order valence-electron chi connectivity index (χ2n) is 6.15. The third-order valence-corrected chi connectivity index (χ3v) is 4.37. The van der Waals surface area contributed by atoms with Crippen molar-refractivity contribution in [2.24, 2.45) is 0 Å². The van der Waals surface area contributed by atoms with Crippen molar-refractivity contribution in [1.82, 2.24) is 9.97 Å². The summed E-state index contributed by atoms with van der Waals surface area (Å²) in [6.45, 7) is 1.56. The SMILES string of the molecule is CC(=O)c1cccc(-c2ccc(-c3nc4ccccc4c(=O)[nH]3)cc2)c1. The summed E-state index contributed by atoms with van der Waals surface area (Å²) in [5.41, 5.74) is 4.02. The lowest BCUT2D eigenvalue weighted by molar-refractivity contribution is 0.101. The zero-order chi connectivity index (χ0) is 18.1. The Morgan fingerprint density at radius 1 is 0.846 bits per heavy atom. The molecule has 4 rings (SSSR count). The molecule has 0 saturated carbocycles. The van der Waals surface area contributed by atoms with Crippen LogP contribution in [-0.2, 0) is 0 Å². The molecule has 4 nitrogen and oxygen atoms in total. The van der Waals surface area contributed by atoms with E-state index in [2.05, 4.69) is 9.97 Å². The molecule has 0 fully saturated rings. The van der Waals surface area contributed by atoms with Crippen LogP contribution in [-0.4, -0.2) is 15.8 Å². The Morgan fingerprint density at radius 3 is 2.35 bits per heavy atom. The van der Waals surface area contributed by atoms with Crippen LogP contribution in [0.5, 0.6) is 0 Å². The standard InChI is InChI=1S/C22H16N2O2/c1-14(25)17-5-4-6-18(13-17)15-9-11-16(12-10-15)21-23-20-8-3-2-7-19(20)22(26)24-21/h2-13H,1H3,(H,23,24,26). The lowest BCUT2D eigenvalue weighted by Crippen LogP contribution is -2.09. The number of para-hydroxylation sites is 1. The fraction of sp³-hybridized carbons (Fsp3) is 0.0455. The number of aromatic nitrogens is 2. The van der Waals surface area contributed by atoms with Gasteiger partial charge in [-0.25, -0.2) is 4.98 Å². The van der Waals surface area contributed by atoms with Gasteiger partial charge in [-0.3, -0.25) is 9.59 Å². The minimum atomic E-state index is -0.149. The van der Waals surface area contributed by atoms with Gasteiger partial charge in [0.15, 0.2) is 5.78 Å². The number of nitrogens with one attached hydrogen (secondary N) is 1. The molecule has 0 spiro atoms. The van der Waals surface area contributed by atoms with Crippen LogP contribution in [0.15, 0.2) is 77.6 Å². The smallest absolute Gasteiger partial charge is 0.259 e. The summed E-state index contributed by atoms with van der Waals surface area (Å²) in [5.74, 6) is 0.583. The van der Waals surface area contributed by atoms with Crippen molar-refractivity contribution >= 4 is 16.7 Å². The van der Waals surface area contributed by atoms with Gasteiger partial charge in [0, 0.05) is 11.1 Å². The number of nitrogens with zero attached hydrogens (tertiary/aromatic N) is 1. The molecule has 1 heterocycles. The Bertz CT molecular complexity index is 1170. The summed E-state index contributed by atoms with van der Waals surface area (Å²) in [5, 5.41) is 0.578. The quantitative estimate of drug-likeness (QED) is 0.560. The van der Waals surface area contributed by atoms with Crippen LogP contribution in [0, 0.1) is 0 Å². The molecule has 0 aliphatic carbocycles. The molecule has 1 N–H and O–H groups in total. The Hall–Kier alpha value is -3.53. The summed E-state index contributed by atoms with van der Waals surface area (Å²) in [6.07, 6.45) is 0. The zero-order valence-corrected chi connectivity index (χ0v) is 14.2. The highest BCUT2D eigenvalue weighted by Gasteiger charge is 2.07. The highest BCUT2D eigenvalue weighted by Crippen LogP contribution is 2.24. The molecule has 3 aromatic carbocycles. The normalized spacial score (nSPS) is 10.8. The first kappa shape index (κ1) is 16.0. The highest BCUT2D eigenvalue weighted by atomic mass is 16.1. The van der Waals surface area contributed by atoms with E-state index in [0.717, 1.165) is 16.7 Å². The fourth-order valence-corrected chi connectivity index (χ4v) is 2.96. The summed E-state index contributed by atoms with van der Waals surface area (Å²) in [7, 11) is 0. The highest BCUT2D eigenvalue weighted by molar-refractivity contribution is 5.95. The lowest BCUT2D eigenvalue weighted by atomic mass is 10.0. The molecule has 0 amide bonds. The molecule has 0 unspecified atom stereocenters. The first-order chi connectivity index (χ1) is 12.6. The monoisotopic (exact) mass is 340 g/mol. The number of carbonyl (C=O) groups is 1. The van der Waals surface area contributed by atoms with E-state index >= 15 is 0 Å². The first-order valence-corrected chi connectivity index (χ1v) is 8.33. The lowest BCUT2D eigenvalue weighted by Gasteiger charge is -2.06. The number of aromatic amines is 1. The minimum absolute atomic E-state index is 0.0430. The number of rotatable bonds is 3. The Kier molecular flexibility index (Phi) is 3.93. The Labute approximate surface area is 150 Å². The van der Waals surface area contributed by atoms with Crippen LogP contribution in [0.25, 0.3) is 33.4 Å². The van der Waals surface area contributed by atoms with Crippen LogP contribution in [0.4, 0.5) is 0 Å². The van der Waals surface area contributed by atoms with Crippen LogP contribution < -0.4 is 5.56 Å². The van der Waals surface area contributed by atoms with E-state index in [1.165, 1.54) is 0 Å². The molecule has 126 valence electrons. The van der Waals surface area contributed by atoms with Crippen LogP contribution in [0.2, 0.25) is 0 Å². The summed E-state index contributed by atoms with van der Waals surface area (Å²) >= 11 is 0. The van der Waals surface area contributed by atoms with Gasteiger partial charge in [0.05, 0.1) is 10.9 Å².